The summed E-state index contributed by atoms with van der Waals surface area (Å²) >= 11 is 0. The van der Waals surface area contributed by atoms with Crippen molar-refractivity contribution in [3.05, 3.63) is 61.4 Å². The van der Waals surface area contributed by atoms with Crippen LogP contribution in [0.5, 0.6) is 0 Å². The third-order valence-electron chi connectivity index (χ3n) is 8.17. The lowest BCUT2D eigenvalue weighted by Gasteiger charge is -2.33. The molecule has 3 aromatic heterocycles. The quantitative estimate of drug-likeness (QED) is 0.318. The highest BCUT2D eigenvalue weighted by Gasteiger charge is 2.28. The molecule has 42 heavy (non-hydrogen) atoms. The summed E-state index contributed by atoms with van der Waals surface area (Å²) in [5.74, 6) is 0.663. The smallest absolute Gasteiger partial charge is 0.410 e. The van der Waals surface area contributed by atoms with E-state index in [4.69, 9.17) is 4.74 Å². The molecule has 1 aromatic carbocycles. The summed E-state index contributed by atoms with van der Waals surface area (Å²) in [6, 6.07) is 8.78. The largest absolute Gasteiger partial charge is 0.444 e. The SMILES string of the molecule is CC(C)(C)OC(=O)N1CCC(n2cc(-c3cccc(-c4ncc(-c5cnn(C6CCC(O)CC6)c5)cn4)c3)cn2)CC1. The van der Waals surface area contributed by atoms with E-state index in [2.05, 4.69) is 44.7 Å². The Morgan fingerprint density at radius 2 is 1.36 bits per heavy atom. The van der Waals surface area contributed by atoms with E-state index in [9.17, 15) is 9.90 Å². The highest BCUT2D eigenvalue weighted by Crippen LogP contribution is 2.31. The van der Waals surface area contributed by atoms with E-state index in [0.717, 1.165) is 66.3 Å². The number of piperidine rings is 1. The van der Waals surface area contributed by atoms with Crippen LogP contribution < -0.4 is 0 Å². The summed E-state index contributed by atoms with van der Waals surface area (Å²) in [4.78, 5) is 23.5. The number of benzene rings is 1. The van der Waals surface area contributed by atoms with E-state index < -0.39 is 5.60 Å². The molecule has 0 unspecified atom stereocenters. The van der Waals surface area contributed by atoms with E-state index in [1.807, 2.05) is 67.1 Å². The predicted octanol–water partition coefficient (Wildman–Crippen LogP) is 5.92. The van der Waals surface area contributed by atoms with Crippen LogP contribution in [0.1, 0.15) is 71.4 Å². The number of ether oxygens (including phenoxy) is 1. The first-order valence-corrected chi connectivity index (χ1v) is 14.9. The maximum atomic E-state index is 12.4. The molecule has 1 amide bonds. The summed E-state index contributed by atoms with van der Waals surface area (Å²) in [6.45, 7) is 6.98. The molecule has 220 valence electrons. The molecule has 1 saturated carbocycles. The van der Waals surface area contributed by atoms with Crippen LogP contribution >= 0.6 is 0 Å². The molecule has 2 fully saturated rings. The first kappa shape index (κ1) is 28.1. The lowest BCUT2D eigenvalue weighted by molar-refractivity contribution is 0.0184. The number of rotatable bonds is 5. The second-order valence-electron chi connectivity index (χ2n) is 12.5. The summed E-state index contributed by atoms with van der Waals surface area (Å²) in [6.07, 6.45) is 16.4. The average Bonchev–Trinajstić information content (AvgIpc) is 3.68. The van der Waals surface area contributed by atoms with E-state index in [1.54, 1.807) is 4.90 Å². The van der Waals surface area contributed by atoms with Gasteiger partial charge in [0.15, 0.2) is 5.82 Å². The van der Waals surface area contributed by atoms with E-state index in [-0.39, 0.29) is 18.2 Å². The number of aromatic nitrogens is 6. The molecule has 0 spiro atoms. The molecular weight excluding hydrogens is 530 g/mol. The van der Waals surface area contributed by atoms with Crippen molar-refractivity contribution in [2.45, 2.75) is 83.1 Å². The van der Waals surface area contributed by atoms with Gasteiger partial charge in [-0.15, -0.1) is 0 Å². The number of aliphatic hydroxyl groups is 1. The van der Waals surface area contributed by atoms with Crippen LogP contribution in [-0.2, 0) is 4.74 Å². The first-order chi connectivity index (χ1) is 20.2. The topological polar surface area (TPSA) is 111 Å². The van der Waals surface area contributed by atoms with Crippen molar-refractivity contribution in [3.8, 4) is 33.6 Å². The van der Waals surface area contributed by atoms with Gasteiger partial charge in [0.1, 0.15) is 5.60 Å². The van der Waals surface area contributed by atoms with Crippen LogP contribution in [0.4, 0.5) is 4.79 Å². The van der Waals surface area contributed by atoms with Gasteiger partial charge in [0.05, 0.1) is 30.6 Å². The van der Waals surface area contributed by atoms with Gasteiger partial charge < -0.3 is 14.7 Å². The van der Waals surface area contributed by atoms with Crippen molar-refractivity contribution < 1.29 is 14.6 Å². The van der Waals surface area contributed by atoms with Crippen molar-refractivity contribution >= 4 is 6.09 Å². The molecule has 0 bridgehead atoms. The van der Waals surface area contributed by atoms with Crippen LogP contribution in [0.3, 0.4) is 0 Å². The minimum Gasteiger partial charge on any atom is -0.444 e. The molecule has 0 atom stereocenters. The van der Waals surface area contributed by atoms with Gasteiger partial charge in [0.25, 0.3) is 0 Å². The number of hydrogen-bond acceptors (Lipinski definition) is 7. The van der Waals surface area contributed by atoms with E-state index >= 15 is 0 Å². The Morgan fingerprint density at radius 1 is 0.786 bits per heavy atom. The Hall–Kier alpha value is -4.05. The van der Waals surface area contributed by atoms with Crippen LogP contribution in [0.25, 0.3) is 33.6 Å². The Labute approximate surface area is 246 Å². The van der Waals surface area contributed by atoms with Crippen LogP contribution in [0.2, 0.25) is 0 Å². The Balaban J connectivity index is 1.10. The minimum atomic E-state index is -0.489. The normalized spacial score (nSPS) is 20.0. The highest BCUT2D eigenvalue weighted by molar-refractivity contribution is 5.70. The maximum absolute atomic E-state index is 12.4. The van der Waals surface area contributed by atoms with Gasteiger partial charge in [-0.05, 0) is 70.9 Å². The number of carbonyl (C=O) groups is 1. The number of hydrogen-bond donors (Lipinski definition) is 1. The number of carbonyl (C=O) groups excluding carboxylic acids is 1. The van der Waals surface area contributed by atoms with Crippen LogP contribution in [0.15, 0.2) is 61.4 Å². The summed E-state index contributed by atoms with van der Waals surface area (Å²) in [5, 5.41) is 19.0. The molecular formula is C32H39N7O3. The number of aliphatic hydroxyl groups excluding tert-OH is 1. The molecule has 1 aliphatic carbocycles. The second kappa shape index (κ2) is 11.7. The summed E-state index contributed by atoms with van der Waals surface area (Å²) in [5.41, 5.74) is 4.45. The third-order valence-corrected chi connectivity index (χ3v) is 8.17. The monoisotopic (exact) mass is 569 g/mol. The fourth-order valence-corrected chi connectivity index (χ4v) is 5.80. The van der Waals surface area contributed by atoms with Gasteiger partial charge in [-0.25, -0.2) is 14.8 Å². The molecule has 1 saturated heterocycles. The lowest BCUT2D eigenvalue weighted by Crippen LogP contribution is -2.42. The molecule has 6 rings (SSSR count). The Kier molecular flexibility index (Phi) is 7.81. The van der Waals surface area contributed by atoms with Crippen LogP contribution in [-0.4, -0.2) is 70.4 Å². The van der Waals surface area contributed by atoms with Crippen molar-refractivity contribution in [1.29, 1.82) is 0 Å². The molecule has 0 radical (unpaired) electrons. The standard InChI is InChI=1S/C32H39N7O3/c1-32(2,3)42-31(41)37-13-11-28(12-14-37)39-20-25(18-35-39)22-5-4-6-23(15-22)30-33-16-24(17-34-30)26-19-36-38(21-26)27-7-9-29(40)10-8-27/h4-6,15-21,27-29,40H,7-14H2,1-3H3. The van der Waals surface area contributed by atoms with Crippen molar-refractivity contribution in [2.24, 2.45) is 0 Å². The lowest BCUT2D eigenvalue weighted by atomic mass is 9.93. The van der Waals surface area contributed by atoms with Crippen molar-refractivity contribution in [1.82, 2.24) is 34.4 Å². The summed E-state index contributed by atoms with van der Waals surface area (Å²) in [7, 11) is 0. The average molecular weight is 570 g/mol. The van der Waals surface area contributed by atoms with Crippen molar-refractivity contribution in [2.75, 3.05) is 13.1 Å². The van der Waals surface area contributed by atoms with Gasteiger partial charge >= 0.3 is 6.09 Å². The fourth-order valence-electron chi connectivity index (χ4n) is 5.80. The minimum absolute atomic E-state index is 0.178. The zero-order valence-corrected chi connectivity index (χ0v) is 24.6. The van der Waals surface area contributed by atoms with E-state index in [0.29, 0.717) is 25.0 Å². The molecule has 4 heterocycles. The molecule has 10 nitrogen and oxygen atoms in total. The molecule has 10 heteroatoms. The molecule has 1 aliphatic heterocycles. The van der Waals surface area contributed by atoms with E-state index in [1.165, 1.54) is 0 Å². The van der Waals surface area contributed by atoms with Gasteiger partial charge in [-0.3, -0.25) is 9.36 Å². The fraction of sp³-hybridized carbons (Fsp3) is 0.469. The number of nitrogens with zero attached hydrogens (tertiary/aromatic N) is 7. The van der Waals surface area contributed by atoms with Gasteiger partial charge in [-0.1, -0.05) is 18.2 Å². The third kappa shape index (κ3) is 6.38. The second-order valence-corrected chi connectivity index (χ2v) is 12.5. The Bertz CT molecular complexity index is 1510. The van der Waals surface area contributed by atoms with Gasteiger partial charge in [0, 0.05) is 60.1 Å². The molecule has 2 aliphatic rings. The van der Waals surface area contributed by atoms with Gasteiger partial charge in [-0.2, -0.15) is 10.2 Å². The van der Waals surface area contributed by atoms with Crippen molar-refractivity contribution in [3.63, 3.8) is 0 Å². The molecule has 1 N–H and O–H groups in total. The number of likely N-dealkylation sites (tertiary alicyclic amines) is 1. The Morgan fingerprint density at radius 3 is 1.98 bits per heavy atom. The summed E-state index contributed by atoms with van der Waals surface area (Å²) < 4.78 is 9.57. The maximum Gasteiger partial charge on any atom is 0.410 e. The first-order valence-electron chi connectivity index (χ1n) is 14.9. The molecule has 4 aromatic rings. The zero-order chi connectivity index (χ0) is 29.3. The number of amides is 1. The predicted molar refractivity (Wildman–Crippen MR) is 159 cm³/mol. The van der Waals surface area contributed by atoms with Gasteiger partial charge in [0.2, 0.25) is 0 Å². The highest BCUT2D eigenvalue weighted by atomic mass is 16.6. The zero-order valence-electron chi connectivity index (χ0n) is 24.6. The van der Waals surface area contributed by atoms with Crippen LogP contribution in [0, 0.1) is 0 Å².